The molecular formula is C13H10FN5O. The van der Waals surface area contributed by atoms with Crippen LogP contribution < -0.4 is 16.6 Å². The largest absolute Gasteiger partial charge is 0.321 e. The fraction of sp³-hybridized carbons (Fsp3) is 0. The zero-order valence-corrected chi connectivity index (χ0v) is 10.2. The number of nitrogen functional groups attached to an aromatic ring is 1. The van der Waals surface area contributed by atoms with Crippen molar-refractivity contribution in [1.82, 2.24) is 4.98 Å². The van der Waals surface area contributed by atoms with Crippen LogP contribution in [0, 0.1) is 17.1 Å². The molecule has 2 rings (SSSR count). The number of nitrogens with two attached hydrogens (primary N) is 1. The van der Waals surface area contributed by atoms with Crippen LogP contribution in [0.5, 0.6) is 0 Å². The first-order valence-corrected chi connectivity index (χ1v) is 5.59. The van der Waals surface area contributed by atoms with Gasteiger partial charge in [0.15, 0.2) is 11.6 Å². The lowest BCUT2D eigenvalue weighted by Crippen LogP contribution is -2.18. The van der Waals surface area contributed by atoms with Crippen molar-refractivity contribution in [2.24, 2.45) is 5.84 Å². The smallest absolute Gasteiger partial charge is 0.258 e. The summed E-state index contributed by atoms with van der Waals surface area (Å²) < 4.78 is 13.9. The summed E-state index contributed by atoms with van der Waals surface area (Å²) in [6, 6.07) is 9.58. The Hall–Kier alpha value is -2.98. The molecule has 0 aliphatic carbocycles. The highest BCUT2D eigenvalue weighted by atomic mass is 19.1. The molecule has 1 aromatic heterocycles. The maximum Gasteiger partial charge on any atom is 0.258 e. The fourth-order valence-corrected chi connectivity index (χ4v) is 1.60. The number of rotatable bonds is 3. The molecule has 0 spiro atoms. The van der Waals surface area contributed by atoms with Crippen molar-refractivity contribution >= 4 is 17.4 Å². The third-order valence-electron chi connectivity index (χ3n) is 2.57. The van der Waals surface area contributed by atoms with E-state index in [9.17, 15) is 9.18 Å². The molecule has 0 radical (unpaired) electrons. The van der Waals surface area contributed by atoms with E-state index in [0.29, 0.717) is 5.69 Å². The molecule has 0 bridgehead atoms. The van der Waals surface area contributed by atoms with E-state index in [0.717, 1.165) is 0 Å². The Labute approximate surface area is 114 Å². The average molecular weight is 271 g/mol. The molecule has 2 aromatic rings. The molecule has 6 nitrogen and oxygen atoms in total. The highest BCUT2D eigenvalue weighted by Gasteiger charge is 2.16. The van der Waals surface area contributed by atoms with Crippen molar-refractivity contribution < 1.29 is 9.18 Å². The second kappa shape index (κ2) is 5.77. The Morgan fingerprint density at radius 1 is 1.35 bits per heavy atom. The average Bonchev–Trinajstić information content (AvgIpc) is 2.48. The molecule has 1 heterocycles. The standard InChI is InChI=1S/C13H10FN5O/c14-11-9(5-6-17-12(11)19-16)13(20)18-10-4-2-1-3-8(10)7-15/h1-6H,16H2,(H,17,19)(H,18,20). The first-order valence-electron chi connectivity index (χ1n) is 5.59. The number of halogens is 1. The number of hydrogen-bond donors (Lipinski definition) is 3. The van der Waals surface area contributed by atoms with Crippen molar-refractivity contribution in [1.29, 1.82) is 5.26 Å². The van der Waals surface area contributed by atoms with Gasteiger partial charge in [-0.15, -0.1) is 0 Å². The lowest BCUT2D eigenvalue weighted by Gasteiger charge is -2.09. The van der Waals surface area contributed by atoms with E-state index in [2.05, 4.69) is 15.7 Å². The summed E-state index contributed by atoms with van der Waals surface area (Å²) in [5, 5.41) is 11.4. The number of aromatic nitrogens is 1. The van der Waals surface area contributed by atoms with Gasteiger partial charge in [0.25, 0.3) is 5.91 Å². The molecule has 0 unspecified atom stereocenters. The SMILES string of the molecule is N#Cc1ccccc1NC(=O)c1ccnc(NN)c1F. The minimum absolute atomic E-state index is 0.222. The summed E-state index contributed by atoms with van der Waals surface area (Å²) >= 11 is 0. The number of carbonyl (C=O) groups is 1. The second-order valence-corrected chi connectivity index (χ2v) is 3.78. The molecule has 0 saturated heterocycles. The molecule has 4 N–H and O–H groups in total. The van der Waals surface area contributed by atoms with Gasteiger partial charge in [-0.1, -0.05) is 12.1 Å². The van der Waals surface area contributed by atoms with E-state index in [1.165, 1.54) is 12.3 Å². The van der Waals surface area contributed by atoms with Gasteiger partial charge in [-0.05, 0) is 18.2 Å². The van der Waals surface area contributed by atoms with Gasteiger partial charge in [0.2, 0.25) is 0 Å². The number of para-hydroxylation sites is 1. The molecular weight excluding hydrogens is 261 g/mol. The van der Waals surface area contributed by atoms with Crippen molar-refractivity contribution in [2.45, 2.75) is 0 Å². The van der Waals surface area contributed by atoms with Gasteiger partial charge in [0, 0.05) is 6.20 Å². The van der Waals surface area contributed by atoms with Crippen molar-refractivity contribution in [3.8, 4) is 6.07 Å². The molecule has 100 valence electrons. The van der Waals surface area contributed by atoms with Gasteiger partial charge in [-0.2, -0.15) is 5.26 Å². The Bertz CT molecular complexity index is 695. The van der Waals surface area contributed by atoms with E-state index < -0.39 is 11.7 Å². The Morgan fingerprint density at radius 3 is 2.80 bits per heavy atom. The van der Waals surface area contributed by atoms with Crippen LogP contribution in [0.2, 0.25) is 0 Å². The Kier molecular flexibility index (Phi) is 3.88. The maximum atomic E-state index is 13.9. The predicted molar refractivity (Wildman–Crippen MR) is 71.1 cm³/mol. The first-order chi connectivity index (χ1) is 9.67. The normalized spacial score (nSPS) is 9.65. The number of hydrogen-bond acceptors (Lipinski definition) is 5. The number of amides is 1. The number of hydrazine groups is 1. The highest BCUT2D eigenvalue weighted by Crippen LogP contribution is 2.18. The van der Waals surface area contributed by atoms with E-state index in [-0.39, 0.29) is 16.9 Å². The predicted octanol–water partition coefficient (Wildman–Crippen LogP) is 1.63. The first kappa shape index (κ1) is 13.5. The molecule has 20 heavy (non-hydrogen) atoms. The second-order valence-electron chi connectivity index (χ2n) is 3.78. The summed E-state index contributed by atoms with van der Waals surface area (Å²) in [5.74, 6) is 3.31. The summed E-state index contributed by atoms with van der Waals surface area (Å²) in [4.78, 5) is 15.7. The topological polar surface area (TPSA) is 104 Å². The number of carbonyl (C=O) groups excluding carboxylic acids is 1. The molecule has 7 heteroatoms. The lowest BCUT2D eigenvalue weighted by molar-refractivity contribution is 0.102. The van der Waals surface area contributed by atoms with Crippen LogP contribution in [0.15, 0.2) is 36.5 Å². The Morgan fingerprint density at radius 2 is 2.10 bits per heavy atom. The minimum Gasteiger partial charge on any atom is -0.321 e. The van der Waals surface area contributed by atoms with Crippen LogP contribution in [0.1, 0.15) is 15.9 Å². The summed E-state index contributed by atoms with van der Waals surface area (Å²) in [7, 11) is 0. The molecule has 0 aliphatic rings. The van der Waals surface area contributed by atoms with Gasteiger partial charge in [-0.25, -0.2) is 15.2 Å². The van der Waals surface area contributed by atoms with Gasteiger partial charge in [-0.3, -0.25) is 4.79 Å². The van der Waals surface area contributed by atoms with Crippen LogP contribution in [-0.2, 0) is 0 Å². The number of nitriles is 1. The molecule has 0 saturated carbocycles. The van der Waals surface area contributed by atoms with Crippen molar-refractivity contribution in [3.05, 3.63) is 53.5 Å². The molecule has 1 aromatic carbocycles. The third-order valence-corrected chi connectivity index (χ3v) is 2.57. The van der Waals surface area contributed by atoms with Crippen LogP contribution in [0.4, 0.5) is 15.9 Å². The van der Waals surface area contributed by atoms with Crippen LogP contribution >= 0.6 is 0 Å². The van der Waals surface area contributed by atoms with Crippen molar-refractivity contribution in [3.63, 3.8) is 0 Å². The monoisotopic (exact) mass is 271 g/mol. The zero-order valence-electron chi connectivity index (χ0n) is 10.2. The number of nitrogens with one attached hydrogen (secondary N) is 2. The van der Waals surface area contributed by atoms with Crippen LogP contribution in [-0.4, -0.2) is 10.9 Å². The summed E-state index contributed by atoms with van der Waals surface area (Å²) in [5.41, 5.74) is 2.43. The Balaban J connectivity index is 2.32. The van der Waals surface area contributed by atoms with E-state index in [1.54, 1.807) is 24.3 Å². The van der Waals surface area contributed by atoms with Crippen LogP contribution in [0.25, 0.3) is 0 Å². The molecule has 0 fully saturated rings. The highest BCUT2D eigenvalue weighted by molar-refractivity contribution is 6.05. The van der Waals surface area contributed by atoms with Gasteiger partial charge in [0.05, 0.1) is 16.8 Å². The van der Waals surface area contributed by atoms with Crippen molar-refractivity contribution in [2.75, 3.05) is 10.7 Å². The quantitative estimate of drug-likeness (QED) is 0.581. The van der Waals surface area contributed by atoms with Crippen LogP contribution in [0.3, 0.4) is 0 Å². The third kappa shape index (κ3) is 2.55. The molecule has 1 amide bonds. The lowest BCUT2D eigenvalue weighted by atomic mass is 10.1. The number of pyridine rings is 1. The molecule has 0 aliphatic heterocycles. The van der Waals surface area contributed by atoms with E-state index in [4.69, 9.17) is 11.1 Å². The number of anilines is 2. The summed E-state index contributed by atoms with van der Waals surface area (Å²) in [6.45, 7) is 0. The fourth-order valence-electron chi connectivity index (χ4n) is 1.60. The van der Waals surface area contributed by atoms with E-state index in [1.807, 2.05) is 6.07 Å². The van der Waals surface area contributed by atoms with E-state index >= 15 is 0 Å². The zero-order chi connectivity index (χ0) is 14.5. The van der Waals surface area contributed by atoms with Gasteiger partial charge in [0.1, 0.15) is 6.07 Å². The summed E-state index contributed by atoms with van der Waals surface area (Å²) in [6.07, 6.45) is 1.25. The number of nitrogens with zero attached hydrogens (tertiary/aromatic N) is 2. The van der Waals surface area contributed by atoms with Gasteiger partial charge < -0.3 is 10.7 Å². The van der Waals surface area contributed by atoms with Gasteiger partial charge >= 0.3 is 0 Å². The maximum absolute atomic E-state index is 13.9. The minimum atomic E-state index is -0.859. The number of benzene rings is 1. The molecule has 0 atom stereocenters.